The number of alkyl halides is 3. The Hall–Kier alpha value is -3.94. The molecule has 0 spiro atoms. The Labute approximate surface area is 181 Å². The van der Waals surface area contributed by atoms with Crippen LogP contribution in [0.5, 0.6) is 0 Å². The average molecular weight is 437 g/mol. The minimum absolute atomic E-state index is 0.0106. The van der Waals surface area contributed by atoms with Gasteiger partial charge in [-0.25, -0.2) is 4.98 Å². The number of hydrogen-bond acceptors (Lipinski definition) is 3. The van der Waals surface area contributed by atoms with E-state index in [-0.39, 0.29) is 5.69 Å². The predicted octanol–water partition coefficient (Wildman–Crippen LogP) is 5.03. The minimum atomic E-state index is -4.53. The number of nitrogens with one attached hydrogen (secondary N) is 1. The summed E-state index contributed by atoms with van der Waals surface area (Å²) in [5.74, 6) is -0.343. The van der Waals surface area contributed by atoms with Crippen molar-refractivity contribution in [3.63, 3.8) is 0 Å². The maximum Gasteiger partial charge on any atom is 0.416 e. The largest absolute Gasteiger partial charge is 0.416 e. The molecule has 0 bridgehead atoms. The molecular weight excluding hydrogens is 419 g/mol. The molecular formula is C24H18F3N3O2. The Balaban J connectivity index is 1.73. The molecule has 1 heterocycles. The monoisotopic (exact) mass is 437 g/mol. The summed E-state index contributed by atoms with van der Waals surface area (Å²) >= 11 is 0. The lowest BCUT2D eigenvalue weighted by atomic mass is 10.1. The fourth-order valence-corrected chi connectivity index (χ4v) is 3.36. The SMILES string of the molecule is Cc1ccc(-c2nc3ccccc3c(=O)n2CC(=O)Nc2cccc(C(F)(F)F)c2)cc1. The van der Waals surface area contributed by atoms with Crippen LogP contribution in [0.4, 0.5) is 18.9 Å². The second-order valence-electron chi connectivity index (χ2n) is 7.34. The Bertz CT molecular complexity index is 1360. The smallest absolute Gasteiger partial charge is 0.325 e. The van der Waals surface area contributed by atoms with Crippen molar-refractivity contribution in [3.8, 4) is 11.4 Å². The summed E-state index contributed by atoms with van der Waals surface area (Å²) in [7, 11) is 0. The van der Waals surface area contributed by atoms with Gasteiger partial charge in [0.05, 0.1) is 16.5 Å². The molecule has 3 aromatic carbocycles. The van der Waals surface area contributed by atoms with Gasteiger partial charge in [-0.05, 0) is 37.3 Å². The third kappa shape index (κ3) is 4.39. The first-order valence-corrected chi connectivity index (χ1v) is 9.76. The van der Waals surface area contributed by atoms with Gasteiger partial charge in [-0.15, -0.1) is 0 Å². The molecule has 0 radical (unpaired) electrons. The van der Waals surface area contributed by atoms with Crippen LogP contribution in [0.2, 0.25) is 0 Å². The molecule has 4 aromatic rings. The van der Waals surface area contributed by atoms with Crippen molar-refractivity contribution >= 4 is 22.5 Å². The molecule has 5 nitrogen and oxygen atoms in total. The summed E-state index contributed by atoms with van der Waals surface area (Å²) in [5.41, 5.74) is 0.854. The van der Waals surface area contributed by atoms with Crippen LogP contribution < -0.4 is 10.9 Å². The number of nitrogens with zero attached hydrogens (tertiary/aromatic N) is 2. The molecule has 8 heteroatoms. The van der Waals surface area contributed by atoms with E-state index in [9.17, 15) is 22.8 Å². The highest BCUT2D eigenvalue weighted by Gasteiger charge is 2.30. The standard InChI is InChI=1S/C24H18F3N3O2/c1-15-9-11-16(12-10-15)22-29-20-8-3-2-7-19(20)23(32)30(22)14-21(31)28-18-6-4-5-17(13-18)24(25,26)27/h2-13H,14H2,1H3,(H,28,31). The van der Waals surface area contributed by atoms with E-state index in [0.717, 1.165) is 17.7 Å². The van der Waals surface area contributed by atoms with Crippen molar-refractivity contribution in [1.82, 2.24) is 9.55 Å². The number of aryl methyl sites for hydroxylation is 1. The summed E-state index contributed by atoms with van der Waals surface area (Å²) in [4.78, 5) is 30.4. The molecule has 0 aliphatic carbocycles. The molecule has 0 saturated heterocycles. The number of fused-ring (bicyclic) bond motifs is 1. The molecule has 0 unspecified atom stereocenters. The quantitative estimate of drug-likeness (QED) is 0.487. The third-order valence-electron chi connectivity index (χ3n) is 4.95. The molecule has 4 rings (SSSR count). The predicted molar refractivity (Wildman–Crippen MR) is 116 cm³/mol. The lowest BCUT2D eigenvalue weighted by Crippen LogP contribution is -2.30. The number of carbonyl (C=O) groups excluding carboxylic acids is 1. The molecule has 0 aliphatic rings. The zero-order valence-electron chi connectivity index (χ0n) is 17.0. The van der Waals surface area contributed by atoms with Gasteiger partial charge in [-0.1, -0.05) is 48.0 Å². The first-order chi connectivity index (χ1) is 15.2. The first-order valence-electron chi connectivity index (χ1n) is 9.76. The van der Waals surface area contributed by atoms with Crippen LogP contribution in [0.15, 0.2) is 77.6 Å². The number of anilines is 1. The summed E-state index contributed by atoms with van der Waals surface area (Å²) < 4.78 is 40.1. The van der Waals surface area contributed by atoms with Gasteiger partial charge in [0.1, 0.15) is 12.4 Å². The fraction of sp³-hybridized carbons (Fsp3) is 0.125. The number of carbonyl (C=O) groups is 1. The van der Waals surface area contributed by atoms with Crippen LogP contribution in [0.3, 0.4) is 0 Å². The number of amides is 1. The van der Waals surface area contributed by atoms with E-state index in [4.69, 9.17) is 0 Å². The van der Waals surface area contributed by atoms with Gasteiger partial charge in [0.15, 0.2) is 0 Å². The Morgan fingerprint density at radius 2 is 1.72 bits per heavy atom. The second kappa shape index (κ2) is 8.30. The van der Waals surface area contributed by atoms with E-state index >= 15 is 0 Å². The van der Waals surface area contributed by atoms with E-state index in [1.165, 1.54) is 16.7 Å². The average Bonchev–Trinajstić information content (AvgIpc) is 2.76. The van der Waals surface area contributed by atoms with Crippen molar-refractivity contribution in [1.29, 1.82) is 0 Å². The van der Waals surface area contributed by atoms with Gasteiger partial charge in [0.2, 0.25) is 5.91 Å². The molecule has 0 saturated carbocycles. The molecule has 0 fully saturated rings. The van der Waals surface area contributed by atoms with Crippen LogP contribution in [0.1, 0.15) is 11.1 Å². The number of aromatic nitrogens is 2. The number of rotatable bonds is 4. The van der Waals surface area contributed by atoms with Gasteiger partial charge in [0, 0.05) is 11.3 Å². The number of halogens is 3. The molecule has 32 heavy (non-hydrogen) atoms. The maximum absolute atomic E-state index is 13.2. The van der Waals surface area contributed by atoms with Crippen LogP contribution in [-0.4, -0.2) is 15.5 Å². The number of benzene rings is 3. The Kier molecular flexibility index (Phi) is 5.52. The molecule has 162 valence electrons. The third-order valence-corrected chi connectivity index (χ3v) is 4.95. The maximum atomic E-state index is 13.2. The highest BCUT2D eigenvalue weighted by Crippen LogP contribution is 2.30. The van der Waals surface area contributed by atoms with Gasteiger partial charge >= 0.3 is 6.18 Å². The van der Waals surface area contributed by atoms with Crippen LogP contribution in [0.25, 0.3) is 22.3 Å². The van der Waals surface area contributed by atoms with Crippen LogP contribution in [0, 0.1) is 6.92 Å². The zero-order valence-corrected chi connectivity index (χ0v) is 17.0. The van der Waals surface area contributed by atoms with Gasteiger partial charge < -0.3 is 5.32 Å². The zero-order chi connectivity index (χ0) is 22.9. The molecule has 1 amide bonds. The van der Waals surface area contributed by atoms with E-state index in [1.54, 1.807) is 36.4 Å². The van der Waals surface area contributed by atoms with Gasteiger partial charge in [-0.3, -0.25) is 14.2 Å². The van der Waals surface area contributed by atoms with Gasteiger partial charge in [0.25, 0.3) is 5.56 Å². The summed E-state index contributed by atoms with van der Waals surface area (Å²) in [6.07, 6.45) is -4.53. The van der Waals surface area contributed by atoms with Crippen molar-refractivity contribution in [2.75, 3.05) is 5.32 Å². The first kappa shape index (κ1) is 21.3. The summed E-state index contributed by atoms with van der Waals surface area (Å²) in [6, 6.07) is 18.4. The van der Waals surface area contributed by atoms with E-state index in [0.29, 0.717) is 22.3 Å². The topological polar surface area (TPSA) is 64.0 Å². The molecule has 0 aliphatic heterocycles. The number of para-hydroxylation sites is 1. The normalized spacial score (nSPS) is 11.5. The lowest BCUT2D eigenvalue weighted by molar-refractivity contribution is -0.137. The van der Waals surface area contributed by atoms with Gasteiger partial charge in [-0.2, -0.15) is 13.2 Å². The van der Waals surface area contributed by atoms with Crippen LogP contribution >= 0.6 is 0 Å². The molecule has 1 N–H and O–H groups in total. The van der Waals surface area contributed by atoms with Crippen molar-refractivity contribution in [2.24, 2.45) is 0 Å². The highest BCUT2D eigenvalue weighted by molar-refractivity contribution is 5.91. The van der Waals surface area contributed by atoms with Crippen LogP contribution in [-0.2, 0) is 17.5 Å². The second-order valence-corrected chi connectivity index (χ2v) is 7.34. The summed E-state index contributed by atoms with van der Waals surface area (Å²) in [5, 5.41) is 2.78. The molecule has 0 atom stereocenters. The number of hydrogen-bond donors (Lipinski definition) is 1. The fourth-order valence-electron chi connectivity index (χ4n) is 3.36. The van der Waals surface area contributed by atoms with E-state index < -0.39 is 29.8 Å². The lowest BCUT2D eigenvalue weighted by Gasteiger charge is -2.14. The molecule has 1 aromatic heterocycles. The Morgan fingerprint density at radius 1 is 1.00 bits per heavy atom. The highest BCUT2D eigenvalue weighted by atomic mass is 19.4. The summed E-state index contributed by atoms with van der Waals surface area (Å²) in [6.45, 7) is 1.52. The Morgan fingerprint density at radius 3 is 2.44 bits per heavy atom. The van der Waals surface area contributed by atoms with Crippen molar-refractivity contribution in [2.45, 2.75) is 19.6 Å². The van der Waals surface area contributed by atoms with E-state index in [2.05, 4.69) is 10.3 Å². The van der Waals surface area contributed by atoms with E-state index in [1.807, 2.05) is 19.1 Å². The van der Waals surface area contributed by atoms with Crippen molar-refractivity contribution < 1.29 is 18.0 Å². The minimum Gasteiger partial charge on any atom is -0.325 e. The van der Waals surface area contributed by atoms with Crippen molar-refractivity contribution in [3.05, 3.63) is 94.3 Å².